The molecule has 0 radical (unpaired) electrons. The minimum atomic E-state index is -4.44. The Morgan fingerprint density at radius 2 is 1.94 bits per heavy atom. The van der Waals surface area contributed by atoms with E-state index in [2.05, 4.69) is 20.8 Å². The molecule has 0 saturated carbocycles. The van der Waals surface area contributed by atoms with Crippen molar-refractivity contribution in [2.75, 3.05) is 16.4 Å². The molecule has 2 aromatic carbocycles. The highest BCUT2D eigenvalue weighted by Gasteiger charge is 2.30. The van der Waals surface area contributed by atoms with E-state index in [1.54, 1.807) is 23.6 Å². The lowest BCUT2D eigenvalue weighted by atomic mass is 10.2. The highest BCUT2D eigenvalue weighted by molar-refractivity contribution is 7.99. The van der Waals surface area contributed by atoms with E-state index >= 15 is 0 Å². The van der Waals surface area contributed by atoms with Crippen molar-refractivity contribution in [3.8, 4) is 0 Å². The number of thioether (sulfide) groups is 1. The molecule has 0 unspecified atom stereocenters. The average molecular weight is 494 g/mol. The minimum absolute atomic E-state index is 0.0130. The van der Waals surface area contributed by atoms with E-state index in [9.17, 15) is 28.1 Å². The molecule has 2 N–H and O–H groups in total. The lowest BCUT2D eigenvalue weighted by Crippen LogP contribution is -2.15. The van der Waals surface area contributed by atoms with Gasteiger partial charge in [-0.05, 0) is 38.1 Å². The van der Waals surface area contributed by atoms with E-state index in [4.69, 9.17) is 0 Å². The van der Waals surface area contributed by atoms with Gasteiger partial charge in [0.1, 0.15) is 0 Å². The number of anilines is 2. The number of carbonyl (C=O) groups is 1. The fourth-order valence-electron chi connectivity index (χ4n) is 3.07. The molecule has 0 aliphatic heterocycles. The number of rotatable bonds is 9. The van der Waals surface area contributed by atoms with Gasteiger partial charge < -0.3 is 15.2 Å². The fraction of sp³-hybridized carbons (Fsp3) is 0.286. The Bertz CT molecular complexity index is 1200. The van der Waals surface area contributed by atoms with Crippen molar-refractivity contribution in [2.24, 2.45) is 0 Å². The first-order valence-corrected chi connectivity index (χ1v) is 11.1. The Kier molecular flexibility index (Phi) is 7.76. The third-order valence-corrected chi connectivity index (χ3v) is 5.74. The van der Waals surface area contributed by atoms with E-state index in [1.165, 1.54) is 18.2 Å². The molecule has 0 bridgehead atoms. The van der Waals surface area contributed by atoms with Gasteiger partial charge in [0, 0.05) is 29.5 Å². The van der Waals surface area contributed by atoms with Gasteiger partial charge in [-0.15, -0.1) is 10.2 Å². The van der Waals surface area contributed by atoms with Crippen molar-refractivity contribution in [3.05, 3.63) is 69.5 Å². The van der Waals surface area contributed by atoms with Gasteiger partial charge in [-0.1, -0.05) is 23.9 Å². The van der Waals surface area contributed by atoms with Crippen LogP contribution in [0.1, 0.15) is 23.9 Å². The summed E-state index contributed by atoms with van der Waals surface area (Å²) in [5, 5.41) is 25.2. The molecule has 1 aromatic heterocycles. The number of carbonyl (C=O) groups excluding carboxylic acids is 1. The summed E-state index contributed by atoms with van der Waals surface area (Å²) in [4.78, 5) is 22.9. The summed E-state index contributed by atoms with van der Waals surface area (Å²) in [6, 6.07) is 9.28. The number of aromatic nitrogens is 3. The van der Waals surface area contributed by atoms with Crippen LogP contribution in [-0.2, 0) is 24.1 Å². The molecule has 0 aliphatic rings. The molecular weight excluding hydrogens is 473 g/mol. The van der Waals surface area contributed by atoms with Gasteiger partial charge in [0.2, 0.25) is 5.91 Å². The second-order valence-corrected chi connectivity index (χ2v) is 8.11. The number of nitrogens with zero attached hydrogens (tertiary/aromatic N) is 4. The second kappa shape index (κ2) is 10.5. The Hall–Kier alpha value is -3.61. The molecule has 180 valence electrons. The number of nitro benzene ring substituents is 1. The zero-order chi connectivity index (χ0) is 24.9. The van der Waals surface area contributed by atoms with Crippen LogP contribution in [0.25, 0.3) is 0 Å². The monoisotopic (exact) mass is 494 g/mol. The number of benzene rings is 2. The number of hydrogen-bond acceptors (Lipinski definition) is 7. The molecule has 0 saturated heterocycles. The molecular formula is C21H21F3N6O3S. The van der Waals surface area contributed by atoms with E-state index in [0.717, 1.165) is 23.9 Å². The predicted octanol–water partition coefficient (Wildman–Crippen LogP) is 4.88. The summed E-state index contributed by atoms with van der Waals surface area (Å²) in [6.45, 7) is 4.09. The smallest absolute Gasteiger partial charge is 0.378 e. The lowest BCUT2D eigenvalue weighted by Gasteiger charge is -2.11. The van der Waals surface area contributed by atoms with Crippen molar-refractivity contribution in [2.45, 2.75) is 38.3 Å². The molecule has 3 aromatic rings. The number of nitrogens with one attached hydrogen (secondary N) is 2. The molecule has 3 rings (SSSR count). The molecule has 9 nitrogen and oxygen atoms in total. The Labute approximate surface area is 196 Å². The first-order valence-electron chi connectivity index (χ1n) is 10.1. The number of aryl methyl sites for hydroxylation is 1. The van der Waals surface area contributed by atoms with Crippen molar-refractivity contribution in [1.29, 1.82) is 0 Å². The van der Waals surface area contributed by atoms with Crippen LogP contribution >= 0.6 is 11.8 Å². The molecule has 0 spiro atoms. The number of halogens is 3. The molecule has 1 heterocycles. The molecule has 13 heteroatoms. The summed E-state index contributed by atoms with van der Waals surface area (Å²) >= 11 is 1.13. The van der Waals surface area contributed by atoms with Crippen molar-refractivity contribution in [1.82, 2.24) is 14.8 Å². The van der Waals surface area contributed by atoms with Gasteiger partial charge in [0.15, 0.2) is 11.0 Å². The summed E-state index contributed by atoms with van der Waals surface area (Å²) in [6.07, 6.45) is -4.44. The third kappa shape index (κ3) is 6.25. The van der Waals surface area contributed by atoms with Gasteiger partial charge in [0.25, 0.3) is 5.69 Å². The maximum atomic E-state index is 12.9. The SMILES string of the molecule is CCn1c(CNc2cccc(C(F)(F)F)c2)nnc1SCC(=O)Nc1ccc(C)c([N+](=O)[O-])c1. The topological polar surface area (TPSA) is 115 Å². The van der Waals surface area contributed by atoms with E-state index < -0.39 is 16.7 Å². The maximum absolute atomic E-state index is 12.9. The van der Waals surface area contributed by atoms with Gasteiger partial charge in [-0.2, -0.15) is 13.2 Å². The highest BCUT2D eigenvalue weighted by atomic mass is 32.2. The minimum Gasteiger partial charge on any atom is -0.378 e. The van der Waals surface area contributed by atoms with Gasteiger partial charge in [0.05, 0.1) is 22.8 Å². The number of alkyl halides is 3. The van der Waals surface area contributed by atoms with E-state index in [1.807, 2.05) is 6.92 Å². The first-order chi connectivity index (χ1) is 16.1. The normalized spacial score (nSPS) is 11.3. The van der Waals surface area contributed by atoms with Crippen LogP contribution in [0.3, 0.4) is 0 Å². The van der Waals surface area contributed by atoms with Crippen molar-refractivity contribution in [3.63, 3.8) is 0 Å². The standard InChI is InChI=1S/C21H21F3N6O3S/c1-3-29-18(11-25-15-6-4-5-14(9-15)21(22,23)24)27-28-20(29)34-12-19(31)26-16-8-7-13(2)17(10-16)30(32)33/h4-10,25H,3,11-12H2,1-2H3,(H,26,31). The first kappa shape index (κ1) is 25.0. The van der Waals surface area contributed by atoms with Crippen LogP contribution in [0, 0.1) is 17.0 Å². The summed E-state index contributed by atoms with van der Waals surface area (Å²) in [7, 11) is 0. The zero-order valence-corrected chi connectivity index (χ0v) is 19.0. The third-order valence-electron chi connectivity index (χ3n) is 4.77. The van der Waals surface area contributed by atoms with Crippen LogP contribution in [-0.4, -0.2) is 31.3 Å². The predicted molar refractivity (Wildman–Crippen MR) is 122 cm³/mol. The zero-order valence-electron chi connectivity index (χ0n) is 18.2. The molecule has 0 aliphatic carbocycles. The highest BCUT2D eigenvalue weighted by Crippen LogP contribution is 2.31. The summed E-state index contributed by atoms with van der Waals surface area (Å²) in [5.74, 6) is 0.107. The van der Waals surface area contributed by atoms with Crippen LogP contribution in [0.4, 0.5) is 30.2 Å². The quantitative estimate of drug-likeness (QED) is 0.248. The maximum Gasteiger partial charge on any atom is 0.416 e. The Morgan fingerprint density at radius 1 is 1.18 bits per heavy atom. The second-order valence-electron chi connectivity index (χ2n) is 7.17. The lowest BCUT2D eigenvalue weighted by molar-refractivity contribution is -0.385. The van der Waals surface area contributed by atoms with Crippen molar-refractivity contribution < 1.29 is 22.9 Å². The van der Waals surface area contributed by atoms with E-state index in [0.29, 0.717) is 34.5 Å². The van der Waals surface area contributed by atoms with E-state index in [-0.39, 0.29) is 23.9 Å². The Balaban J connectivity index is 1.61. The summed E-state index contributed by atoms with van der Waals surface area (Å²) in [5.41, 5.74) is 0.247. The van der Waals surface area contributed by atoms with Crippen LogP contribution < -0.4 is 10.6 Å². The Morgan fingerprint density at radius 3 is 2.62 bits per heavy atom. The van der Waals surface area contributed by atoms with Gasteiger partial charge in [-0.3, -0.25) is 14.9 Å². The number of nitro groups is 1. The summed E-state index contributed by atoms with van der Waals surface area (Å²) < 4.78 is 40.4. The van der Waals surface area contributed by atoms with Crippen LogP contribution in [0.15, 0.2) is 47.6 Å². The number of amides is 1. The molecule has 34 heavy (non-hydrogen) atoms. The number of hydrogen-bond donors (Lipinski definition) is 2. The van der Waals surface area contributed by atoms with Crippen LogP contribution in [0.2, 0.25) is 0 Å². The molecule has 0 fully saturated rings. The average Bonchev–Trinajstić information content (AvgIpc) is 3.18. The van der Waals surface area contributed by atoms with Gasteiger partial charge in [-0.25, -0.2) is 0 Å². The van der Waals surface area contributed by atoms with Crippen molar-refractivity contribution >= 4 is 34.7 Å². The van der Waals surface area contributed by atoms with Gasteiger partial charge >= 0.3 is 6.18 Å². The largest absolute Gasteiger partial charge is 0.416 e. The fourth-order valence-corrected chi connectivity index (χ4v) is 3.89. The molecule has 1 amide bonds. The van der Waals surface area contributed by atoms with Crippen LogP contribution in [0.5, 0.6) is 0 Å². The molecule has 0 atom stereocenters.